The van der Waals surface area contributed by atoms with Crippen LogP contribution in [0.5, 0.6) is 0 Å². The highest BCUT2D eigenvalue weighted by atomic mass is 19.1. The van der Waals surface area contributed by atoms with Gasteiger partial charge in [0.2, 0.25) is 0 Å². The van der Waals surface area contributed by atoms with Crippen LogP contribution in [0.15, 0.2) is 60.8 Å². The van der Waals surface area contributed by atoms with E-state index in [1.54, 1.807) is 12.1 Å². The molecule has 4 aromatic rings. The fraction of sp³-hybridized carbons (Fsp3) is 0.182. The van der Waals surface area contributed by atoms with E-state index in [-0.39, 0.29) is 11.9 Å². The largest absolute Gasteiger partial charge is 0.363 e. The van der Waals surface area contributed by atoms with Crippen molar-refractivity contribution in [2.75, 3.05) is 5.32 Å². The highest BCUT2D eigenvalue weighted by Crippen LogP contribution is 2.26. The second-order valence-electron chi connectivity index (χ2n) is 6.80. The first-order chi connectivity index (χ1) is 13.0. The van der Waals surface area contributed by atoms with Crippen molar-refractivity contribution in [2.24, 2.45) is 7.05 Å². The van der Waals surface area contributed by atoms with Crippen molar-refractivity contribution >= 4 is 16.7 Å². The van der Waals surface area contributed by atoms with Crippen LogP contribution in [-0.4, -0.2) is 14.5 Å². The lowest BCUT2D eigenvalue weighted by Crippen LogP contribution is -2.09. The molecule has 5 heteroatoms. The number of aromatic nitrogens is 3. The molecule has 0 saturated carbocycles. The van der Waals surface area contributed by atoms with E-state index in [4.69, 9.17) is 0 Å². The van der Waals surface area contributed by atoms with Crippen LogP contribution in [0, 0.1) is 12.7 Å². The van der Waals surface area contributed by atoms with Crippen molar-refractivity contribution in [3.8, 4) is 11.3 Å². The lowest BCUT2D eigenvalue weighted by Gasteiger charge is -2.16. The molecule has 0 saturated heterocycles. The topological polar surface area (TPSA) is 42.7 Å². The summed E-state index contributed by atoms with van der Waals surface area (Å²) in [6.07, 6.45) is 2.05. The molecule has 0 bridgehead atoms. The van der Waals surface area contributed by atoms with E-state index in [0.29, 0.717) is 5.82 Å². The van der Waals surface area contributed by atoms with Gasteiger partial charge in [0.1, 0.15) is 17.5 Å². The molecule has 136 valence electrons. The minimum Gasteiger partial charge on any atom is -0.363 e. The SMILES string of the molecule is Cc1nc(NC(C)c2ccc(F)cc2)cc(-c2ccc3ccn(C)c3c2)n1. The molecule has 0 aliphatic rings. The standard InChI is InChI=1S/C22H21FN4/c1-14(16-6-8-19(23)9-7-16)24-22-13-20(25-15(2)26-22)18-5-4-17-10-11-27(3)21(17)12-18/h4-14H,1-3H3,(H,24,25,26). The van der Waals surface area contributed by atoms with E-state index in [9.17, 15) is 4.39 Å². The maximum Gasteiger partial charge on any atom is 0.130 e. The van der Waals surface area contributed by atoms with Crippen molar-refractivity contribution < 1.29 is 4.39 Å². The van der Waals surface area contributed by atoms with Crippen molar-refractivity contribution in [1.29, 1.82) is 0 Å². The molecule has 2 aromatic heterocycles. The quantitative estimate of drug-likeness (QED) is 0.540. The average molecular weight is 360 g/mol. The number of halogens is 1. The number of aryl methyl sites for hydroxylation is 2. The Morgan fingerprint density at radius 1 is 1.00 bits per heavy atom. The molecule has 1 atom stereocenters. The zero-order valence-electron chi connectivity index (χ0n) is 15.6. The summed E-state index contributed by atoms with van der Waals surface area (Å²) in [5, 5.41) is 4.60. The lowest BCUT2D eigenvalue weighted by atomic mass is 10.1. The summed E-state index contributed by atoms with van der Waals surface area (Å²) in [6, 6.07) is 16.9. The zero-order chi connectivity index (χ0) is 19.0. The van der Waals surface area contributed by atoms with Gasteiger partial charge in [-0.05, 0) is 49.1 Å². The Morgan fingerprint density at radius 3 is 2.56 bits per heavy atom. The maximum atomic E-state index is 13.1. The van der Waals surface area contributed by atoms with Crippen molar-refractivity contribution in [3.05, 3.63) is 78.0 Å². The first-order valence-corrected chi connectivity index (χ1v) is 8.93. The molecular formula is C22H21FN4. The summed E-state index contributed by atoms with van der Waals surface area (Å²) < 4.78 is 15.2. The van der Waals surface area contributed by atoms with Gasteiger partial charge in [0.25, 0.3) is 0 Å². The minimum absolute atomic E-state index is 0.00287. The van der Waals surface area contributed by atoms with Gasteiger partial charge in [-0.15, -0.1) is 0 Å². The van der Waals surface area contributed by atoms with Gasteiger partial charge in [0, 0.05) is 36.4 Å². The van der Waals surface area contributed by atoms with Crippen LogP contribution < -0.4 is 5.32 Å². The van der Waals surface area contributed by atoms with E-state index < -0.39 is 0 Å². The van der Waals surface area contributed by atoms with Crippen LogP contribution in [-0.2, 0) is 7.05 Å². The van der Waals surface area contributed by atoms with Gasteiger partial charge in [0.05, 0.1) is 5.69 Å². The molecule has 4 rings (SSSR count). The molecule has 0 aliphatic heterocycles. The van der Waals surface area contributed by atoms with Crippen LogP contribution in [0.25, 0.3) is 22.2 Å². The molecule has 1 N–H and O–H groups in total. The molecule has 0 amide bonds. The third-order valence-electron chi connectivity index (χ3n) is 4.76. The molecular weight excluding hydrogens is 339 g/mol. The number of benzene rings is 2. The van der Waals surface area contributed by atoms with Gasteiger partial charge in [-0.25, -0.2) is 14.4 Å². The van der Waals surface area contributed by atoms with E-state index in [2.05, 4.69) is 50.3 Å². The van der Waals surface area contributed by atoms with Crippen LogP contribution in [0.1, 0.15) is 24.4 Å². The van der Waals surface area contributed by atoms with E-state index >= 15 is 0 Å². The Labute approximate surface area is 157 Å². The number of nitrogens with one attached hydrogen (secondary N) is 1. The fourth-order valence-corrected chi connectivity index (χ4v) is 3.27. The molecule has 1 unspecified atom stereocenters. The Balaban J connectivity index is 1.66. The summed E-state index contributed by atoms with van der Waals surface area (Å²) in [4.78, 5) is 9.12. The normalized spacial score (nSPS) is 12.3. The molecule has 27 heavy (non-hydrogen) atoms. The first-order valence-electron chi connectivity index (χ1n) is 8.93. The van der Waals surface area contributed by atoms with E-state index in [1.165, 1.54) is 17.5 Å². The van der Waals surface area contributed by atoms with Gasteiger partial charge < -0.3 is 9.88 Å². The van der Waals surface area contributed by atoms with Crippen LogP contribution >= 0.6 is 0 Å². The smallest absolute Gasteiger partial charge is 0.130 e. The maximum absolute atomic E-state index is 13.1. The third kappa shape index (κ3) is 3.53. The second-order valence-corrected chi connectivity index (χ2v) is 6.80. The summed E-state index contributed by atoms with van der Waals surface area (Å²) >= 11 is 0. The predicted octanol–water partition coefficient (Wildman–Crippen LogP) is 5.26. The Bertz CT molecular complexity index is 1100. The second kappa shape index (κ2) is 6.83. The molecule has 0 fully saturated rings. The van der Waals surface area contributed by atoms with Gasteiger partial charge in [-0.2, -0.15) is 0 Å². The monoisotopic (exact) mass is 360 g/mol. The third-order valence-corrected chi connectivity index (χ3v) is 4.76. The summed E-state index contributed by atoms with van der Waals surface area (Å²) in [6.45, 7) is 3.92. The number of hydrogen-bond acceptors (Lipinski definition) is 3. The van der Waals surface area contributed by atoms with Crippen molar-refractivity contribution in [2.45, 2.75) is 19.9 Å². The number of rotatable bonds is 4. The van der Waals surface area contributed by atoms with E-state index in [1.807, 2.05) is 27.0 Å². The Hall–Kier alpha value is -3.21. The Morgan fingerprint density at radius 2 is 1.78 bits per heavy atom. The highest BCUT2D eigenvalue weighted by Gasteiger charge is 2.10. The lowest BCUT2D eigenvalue weighted by molar-refractivity contribution is 0.626. The van der Waals surface area contributed by atoms with Gasteiger partial charge in [-0.3, -0.25) is 0 Å². The van der Waals surface area contributed by atoms with Crippen molar-refractivity contribution in [1.82, 2.24) is 14.5 Å². The molecule has 0 spiro atoms. The zero-order valence-corrected chi connectivity index (χ0v) is 15.6. The number of hydrogen-bond donors (Lipinski definition) is 1. The number of fused-ring (bicyclic) bond motifs is 1. The van der Waals surface area contributed by atoms with Gasteiger partial charge in [-0.1, -0.05) is 24.3 Å². The molecule has 0 radical (unpaired) electrons. The summed E-state index contributed by atoms with van der Waals surface area (Å²) in [5.74, 6) is 1.22. The minimum atomic E-state index is -0.234. The van der Waals surface area contributed by atoms with Crippen LogP contribution in [0.4, 0.5) is 10.2 Å². The summed E-state index contributed by atoms with van der Waals surface area (Å²) in [5.41, 5.74) is 4.09. The molecule has 4 nitrogen and oxygen atoms in total. The van der Waals surface area contributed by atoms with Crippen molar-refractivity contribution in [3.63, 3.8) is 0 Å². The van der Waals surface area contributed by atoms with E-state index in [0.717, 1.165) is 28.2 Å². The first kappa shape index (κ1) is 17.2. The number of nitrogens with zero attached hydrogens (tertiary/aromatic N) is 3. The number of anilines is 1. The van der Waals surface area contributed by atoms with Crippen LogP contribution in [0.3, 0.4) is 0 Å². The van der Waals surface area contributed by atoms with Gasteiger partial charge >= 0.3 is 0 Å². The molecule has 0 aliphatic carbocycles. The molecule has 2 heterocycles. The predicted molar refractivity (Wildman–Crippen MR) is 107 cm³/mol. The Kier molecular flexibility index (Phi) is 4.36. The molecule has 2 aromatic carbocycles. The fourth-order valence-electron chi connectivity index (χ4n) is 3.27. The van der Waals surface area contributed by atoms with Gasteiger partial charge in [0.15, 0.2) is 0 Å². The summed E-state index contributed by atoms with van der Waals surface area (Å²) in [7, 11) is 2.04. The van der Waals surface area contributed by atoms with Crippen LogP contribution in [0.2, 0.25) is 0 Å². The average Bonchev–Trinajstić information content (AvgIpc) is 3.02. The highest BCUT2D eigenvalue weighted by molar-refractivity contribution is 5.85.